The summed E-state index contributed by atoms with van der Waals surface area (Å²) in [5, 5.41) is 9.78. The van der Waals surface area contributed by atoms with Gasteiger partial charge in [0.2, 0.25) is 0 Å². The van der Waals surface area contributed by atoms with Crippen LogP contribution in [0, 0.1) is 0 Å². The number of rotatable bonds is 7. The van der Waals surface area contributed by atoms with Crippen LogP contribution in [0.15, 0.2) is 53.7 Å². The van der Waals surface area contributed by atoms with Crippen molar-refractivity contribution in [1.82, 2.24) is 14.8 Å². The number of ether oxygens (including phenoxy) is 1. The molecule has 0 atom stereocenters. The van der Waals surface area contributed by atoms with E-state index in [2.05, 4.69) is 63.0 Å². The van der Waals surface area contributed by atoms with E-state index in [1.807, 2.05) is 26.2 Å². The Hall–Kier alpha value is -2.47. The maximum atomic E-state index is 5.29. The van der Waals surface area contributed by atoms with Crippen molar-refractivity contribution in [2.24, 2.45) is 0 Å². The van der Waals surface area contributed by atoms with Crippen molar-refractivity contribution in [3.63, 3.8) is 0 Å². The lowest BCUT2D eigenvalue weighted by molar-refractivity contribution is 0.414. The molecule has 6 heteroatoms. The molecule has 0 N–H and O–H groups in total. The van der Waals surface area contributed by atoms with E-state index in [4.69, 9.17) is 4.74 Å². The van der Waals surface area contributed by atoms with Crippen molar-refractivity contribution >= 4 is 17.4 Å². The second-order valence-corrected chi connectivity index (χ2v) is 7.07. The first kappa shape index (κ1) is 18.3. The second kappa shape index (κ2) is 8.27. The summed E-state index contributed by atoms with van der Waals surface area (Å²) in [6, 6.07) is 16.5. The Balaban J connectivity index is 1.79. The van der Waals surface area contributed by atoms with Crippen molar-refractivity contribution in [2.75, 3.05) is 26.1 Å². The fourth-order valence-electron chi connectivity index (χ4n) is 2.71. The van der Waals surface area contributed by atoms with Gasteiger partial charge < -0.3 is 14.2 Å². The number of hydrogen-bond donors (Lipinski definition) is 0. The molecule has 3 aromatic rings. The minimum absolute atomic E-state index is 0.828. The van der Waals surface area contributed by atoms with E-state index in [1.54, 1.807) is 18.9 Å². The Labute approximate surface area is 159 Å². The van der Waals surface area contributed by atoms with Gasteiger partial charge in [0.25, 0.3) is 0 Å². The number of nitrogens with zero attached hydrogens (tertiary/aromatic N) is 4. The number of anilines is 1. The average molecular weight is 369 g/mol. The molecule has 0 unspecified atom stereocenters. The molecule has 0 aliphatic carbocycles. The maximum absolute atomic E-state index is 5.29. The normalized spacial score (nSPS) is 10.8. The Kier molecular flexibility index (Phi) is 5.83. The van der Waals surface area contributed by atoms with Crippen LogP contribution in [0.4, 0.5) is 5.69 Å². The molecule has 3 rings (SSSR count). The summed E-state index contributed by atoms with van der Waals surface area (Å²) < 4.78 is 7.46. The van der Waals surface area contributed by atoms with Gasteiger partial charge in [0.1, 0.15) is 5.75 Å². The zero-order chi connectivity index (χ0) is 18.5. The Bertz CT molecular complexity index is 859. The largest absolute Gasteiger partial charge is 0.497 e. The van der Waals surface area contributed by atoms with Crippen LogP contribution in [0.2, 0.25) is 0 Å². The molecule has 26 heavy (non-hydrogen) atoms. The monoisotopic (exact) mass is 368 g/mol. The van der Waals surface area contributed by atoms with Gasteiger partial charge in [-0.3, -0.25) is 0 Å². The first-order valence-electron chi connectivity index (χ1n) is 8.59. The predicted molar refractivity (Wildman–Crippen MR) is 108 cm³/mol. The summed E-state index contributed by atoms with van der Waals surface area (Å²) in [5.41, 5.74) is 3.46. The number of benzene rings is 2. The van der Waals surface area contributed by atoms with E-state index in [1.165, 1.54) is 11.3 Å². The van der Waals surface area contributed by atoms with Gasteiger partial charge in [0, 0.05) is 37.6 Å². The summed E-state index contributed by atoms with van der Waals surface area (Å²) in [5.74, 6) is 2.61. The highest BCUT2D eigenvalue weighted by molar-refractivity contribution is 7.98. The zero-order valence-corrected chi connectivity index (χ0v) is 16.5. The van der Waals surface area contributed by atoms with E-state index >= 15 is 0 Å². The lowest BCUT2D eigenvalue weighted by atomic mass is 10.2. The minimum Gasteiger partial charge on any atom is -0.497 e. The molecule has 5 nitrogen and oxygen atoms in total. The summed E-state index contributed by atoms with van der Waals surface area (Å²) in [6.07, 6.45) is 0. The molecule has 0 amide bonds. The van der Waals surface area contributed by atoms with Crippen molar-refractivity contribution in [3.8, 4) is 17.1 Å². The van der Waals surface area contributed by atoms with E-state index < -0.39 is 0 Å². The van der Waals surface area contributed by atoms with Crippen LogP contribution in [-0.2, 0) is 12.3 Å². The van der Waals surface area contributed by atoms with E-state index in [-0.39, 0.29) is 0 Å². The Morgan fingerprint density at radius 2 is 1.85 bits per heavy atom. The van der Waals surface area contributed by atoms with Crippen LogP contribution < -0.4 is 9.64 Å². The summed E-state index contributed by atoms with van der Waals surface area (Å²) in [6.45, 7) is 2.95. The van der Waals surface area contributed by atoms with Gasteiger partial charge in [-0.25, -0.2) is 0 Å². The van der Waals surface area contributed by atoms with Crippen LogP contribution in [0.3, 0.4) is 0 Å². The molecule has 0 saturated carbocycles. The zero-order valence-electron chi connectivity index (χ0n) is 15.6. The molecular formula is C20H24N4OS. The fraction of sp³-hybridized carbons (Fsp3) is 0.300. The molecule has 0 aliphatic heterocycles. The molecule has 0 fully saturated rings. The van der Waals surface area contributed by atoms with Crippen LogP contribution in [0.1, 0.15) is 12.5 Å². The molecule has 0 saturated heterocycles. The third-order valence-corrected chi connectivity index (χ3v) is 5.21. The van der Waals surface area contributed by atoms with Crippen LogP contribution >= 0.6 is 11.8 Å². The Morgan fingerprint density at radius 1 is 1.08 bits per heavy atom. The second-order valence-electron chi connectivity index (χ2n) is 6.13. The lowest BCUT2D eigenvalue weighted by Crippen LogP contribution is -2.08. The van der Waals surface area contributed by atoms with Gasteiger partial charge in [-0.1, -0.05) is 23.9 Å². The highest BCUT2D eigenvalue weighted by atomic mass is 32.2. The smallest absolute Gasteiger partial charge is 0.191 e. The van der Waals surface area contributed by atoms with Gasteiger partial charge in [-0.05, 0) is 48.9 Å². The van der Waals surface area contributed by atoms with Gasteiger partial charge in [-0.15, -0.1) is 10.2 Å². The van der Waals surface area contributed by atoms with Gasteiger partial charge in [0.05, 0.1) is 7.11 Å². The average Bonchev–Trinajstić information content (AvgIpc) is 3.09. The van der Waals surface area contributed by atoms with Gasteiger partial charge >= 0.3 is 0 Å². The number of hydrogen-bond acceptors (Lipinski definition) is 5. The summed E-state index contributed by atoms with van der Waals surface area (Å²) in [7, 11) is 5.77. The predicted octanol–water partition coefficient (Wildman–Crippen LogP) is 4.33. The topological polar surface area (TPSA) is 43.2 Å². The maximum Gasteiger partial charge on any atom is 0.191 e. The minimum atomic E-state index is 0.828. The number of aromatic nitrogens is 3. The number of thioether (sulfide) groups is 1. The van der Waals surface area contributed by atoms with E-state index in [9.17, 15) is 0 Å². The van der Waals surface area contributed by atoms with Crippen molar-refractivity contribution < 1.29 is 4.74 Å². The van der Waals surface area contributed by atoms with Gasteiger partial charge in [-0.2, -0.15) is 0 Å². The third kappa shape index (κ3) is 4.02. The van der Waals surface area contributed by atoms with Crippen LogP contribution in [0.5, 0.6) is 5.75 Å². The SMILES string of the molecule is CCn1c(SCc2cccc(OC)c2)nnc1-c1ccc(N(C)C)cc1. The van der Waals surface area contributed by atoms with Crippen molar-refractivity contribution in [1.29, 1.82) is 0 Å². The summed E-state index contributed by atoms with van der Waals surface area (Å²) in [4.78, 5) is 2.09. The van der Waals surface area contributed by atoms with Gasteiger partial charge in [0.15, 0.2) is 11.0 Å². The Morgan fingerprint density at radius 3 is 2.50 bits per heavy atom. The highest BCUT2D eigenvalue weighted by Gasteiger charge is 2.13. The third-order valence-electron chi connectivity index (χ3n) is 4.18. The fourth-order valence-corrected chi connectivity index (χ4v) is 3.66. The lowest BCUT2D eigenvalue weighted by Gasteiger charge is -2.13. The van der Waals surface area contributed by atoms with Crippen molar-refractivity contribution in [2.45, 2.75) is 24.4 Å². The highest BCUT2D eigenvalue weighted by Crippen LogP contribution is 2.28. The molecule has 1 heterocycles. The quantitative estimate of drug-likeness (QED) is 0.581. The first-order valence-corrected chi connectivity index (χ1v) is 9.57. The molecule has 0 bridgehead atoms. The molecule has 136 valence electrons. The molecule has 0 spiro atoms. The standard InChI is InChI=1S/C20H24N4OS/c1-5-24-19(16-9-11-17(12-10-16)23(2)3)21-22-20(24)26-14-15-7-6-8-18(13-15)25-4/h6-13H,5,14H2,1-4H3. The van der Waals surface area contributed by atoms with Crippen LogP contribution in [-0.4, -0.2) is 36.0 Å². The molecule has 2 aromatic carbocycles. The number of methoxy groups -OCH3 is 1. The molecule has 0 aliphatic rings. The van der Waals surface area contributed by atoms with E-state index in [0.29, 0.717) is 0 Å². The molecule has 0 radical (unpaired) electrons. The van der Waals surface area contributed by atoms with E-state index in [0.717, 1.165) is 34.6 Å². The van der Waals surface area contributed by atoms with Crippen LogP contribution in [0.25, 0.3) is 11.4 Å². The first-order chi connectivity index (χ1) is 12.6. The molecular weight excluding hydrogens is 344 g/mol. The molecule has 1 aromatic heterocycles. The summed E-state index contributed by atoms with van der Waals surface area (Å²) >= 11 is 1.69. The van der Waals surface area contributed by atoms with Crippen molar-refractivity contribution in [3.05, 3.63) is 54.1 Å².